The molecule has 4 bridgehead atoms. The molecule has 13 nitrogen and oxygen atoms in total. The predicted octanol–water partition coefficient (Wildman–Crippen LogP) is 4.40. The van der Waals surface area contributed by atoms with Crippen molar-refractivity contribution >= 4 is 69.3 Å². The number of cyclic esters (lactones) is 1. The van der Waals surface area contributed by atoms with Crippen LogP contribution in [-0.2, 0) is 35.2 Å². The van der Waals surface area contributed by atoms with Gasteiger partial charge in [-0.05, 0) is 51.8 Å². The first-order chi connectivity index (χ1) is 22.1. The largest absolute Gasteiger partial charge is 0.456 e. The zero-order chi connectivity index (χ0) is 34.4. The van der Waals surface area contributed by atoms with Crippen LogP contribution in [0.1, 0.15) is 65.1 Å². The second kappa shape index (κ2) is 15.1. The van der Waals surface area contributed by atoms with Crippen molar-refractivity contribution in [3.63, 3.8) is 0 Å². The second-order valence-corrected chi connectivity index (χ2v) is 14.5. The number of nitrogens with one attached hydrogen (secondary N) is 4. The lowest BCUT2D eigenvalue weighted by molar-refractivity contribution is -0.153. The minimum absolute atomic E-state index is 0.126. The third-order valence-electron chi connectivity index (χ3n) is 6.89. The van der Waals surface area contributed by atoms with Crippen LogP contribution < -0.4 is 21.3 Å². The quantitative estimate of drug-likeness (QED) is 0.254. The molecule has 1 aromatic heterocycles. The third-order valence-corrected chi connectivity index (χ3v) is 9.02. The number of nitrogens with zero attached hydrogens (tertiary/aromatic N) is 2. The molecule has 0 spiro atoms. The molecule has 47 heavy (non-hydrogen) atoms. The first-order valence-corrected chi connectivity index (χ1v) is 17.0. The van der Waals surface area contributed by atoms with E-state index in [9.17, 15) is 24.0 Å². The molecule has 2 aliphatic heterocycles. The standard InChI is InChI=1S/C32H40N6O7S2/c1-18(2)26-28(41)44-19(10-9-13-23(39)34-20-11-7-8-12-21(20)36-30(43)45-31(3,4)5)14-24(40)33-15-25-35-22(16-46-25)27-38-32(6,17-47-27)29(42)37-26/h7-12,16,18-19,26H,13-15,17H2,1-6H3,(H,33,40)(H,34,39)(H,36,43)(H,37,42)/b10-9+/t19-,26+,32+/m1/s1. The van der Waals surface area contributed by atoms with Crippen molar-refractivity contribution < 1.29 is 33.4 Å². The van der Waals surface area contributed by atoms with Gasteiger partial charge in [0.15, 0.2) is 0 Å². The molecule has 4 rings (SSSR count). The van der Waals surface area contributed by atoms with E-state index in [4.69, 9.17) is 9.47 Å². The third kappa shape index (κ3) is 10.1. The number of amides is 4. The van der Waals surface area contributed by atoms with E-state index in [2.05, 4.69) is 31.2 Å². The number of thioether (sulfide) groups is 1. The maximum Gasteiger partial charge on any atom is 0.412 e. The molecule has 4 amide bonds. The fourth-order valence-corrected chi connectivity index (χ4v) is 6.40. The van der Waals surface area contributed by atoms with Crippen LogP contribution in [0.2, 0.25) is 0 Å². The zero-order valence-electron chi connectivity index (χ0n) is 27.2. The highest BCUT2D eigenvalue weighted by Crippen LogP contribution is 2.32. The summed E-state index contributed by atoms with van der Waals surface area (Å²) in [4.78, 5) is 74.0. The number of esters is 1. The van der Waals surface area contributed by atoms with Gasteiger partial charge in [0.25, 0.3) is 0 Å². The highest BCUT2D eigenvalue weighted by Gasteiger charge is 2.41. The second-order valence-electron chi connectivity index (χ2n) is 12.6. The number of ether oxygens (including phenoxy) is 2. The first-order valence-electron chi connectivity index (χ1n) is 15.1. The maximum atomic E-state index is 13.4. The lowest BCUT2D eigenvalue weighted by atomic mass is 10.0. The highest BCUT2D eigenvalue weighted by molar-refractivity contribution is 8.14. The molecular weight excluding hydrogens is 645 g/mol. The normalized spacial score (nSPS) is 22.3. The molecule has 252 valence electrons. The number of rotatable bonds is 6. The zero-order valence-corrected chi connectivity index (χ0v) is 28.8. The van der Waals surface area contributed by atoms with Crippen LogP contribution in [0.5, 0.6) is 0 Å². The lowest BCUT2D eigenvalue weighted by Crippen LogP contribution is -2.53. The Morgan fingerprint density at radius 3 is 2.55 bits per heavy atom. The topological polar surface area (TPSA) is 177 Å². The molecule has 0 unspecified atom stereocenters. The average molecular weight is 685 g/mol. The van der Waals surface area contributed by atoms with Crippen molar-refractivity contribution in [3.8, 4) is 0 Å². The van der Waals surface area contributed by atoms with Gasteiger partial charge < -0.3 is 25.4 Å². The van der Waals surface area contributed by atoms with E-state index >= 15 is 0 Å². The molecule has 0 radical (unpaired) electrons. The Kier molecular flexibility index (Phi) is 11.4. The number of aliphatic imine (C=N–C) groups is 1. The SMILES string of the molecule is CC(C)[C@@H]1NC(=O)[C@]2(C)CSC(=N2)c2csc(n2)CNC(=O)C[C@@H](/C=C/CC(=O)Nc2ccccc2NC(=O)OC(C)(C)C)OC1=O. The Morgan fingerprint density at radius 2 is 1.87 bits per heavy atom. The summed E-state index contributed by atoms with van der Waals surface area (Å²) in [6, 6.07) is 5.66. The summed E-state index contributed by atoms with van der Waals surface area (Å²) in [7, 11) is 0. The number of carbonyl (C=O) groups is 5. The number of hydrogen-bond donors (Lipinski definition) is 4. The van der Waals surface area contributed by atoms with Crippen LogP contribution in [-0.4, -0.2) is 68.9 Å². The molecule has 0 fully saturated rings. The van der Waals surface area contributed by atoms with E-state index in [0.29, 0.717) is 32.9 Å². The Bertz CT molecular complexity index is 1580. The molecule has 3 atom stereocenters. The van der Waals surface area contributed by atoms with Gasteiger partial charge in [-0.3, -0.25) is 24.7 Å². The lowest BCUT2D eigenvalue weighted by Gasteiger charge is -2.27. The first kappa shape index (κ1) is 35.6. The Labute approximate surface area is 281 Å². The Morgan fingerprint density at radius 1 is 1.17 bits per heavy atom. The molecule has 0 saturated carbocycles. The Hall–Kier alpha value is -4.24. The van der Waals surface area contributed by atoms with Gasteiger partial charge >= 0.3 is 12.1 Å². The molecule has 15 heteroatoms. The minimum Gasteiger partial charge on any atom is -0.456 e. The van der Waals surface area contributed by atoms with Gasteiger partial charge in [-0.2, -0.15) is 0 Å². The number of aromatic nitrogens is 1. The predicted molar refractivity (Wildman–Crippen MR) is 181 cm³/mol. The van der Waals surface area contributed by atoms with Crippen LogP contribution in [0.3, 0.4) is 0 Å². The summed E-state index contributed by atoms with van der Waals surface area (Å²) in [6.45, 7) is 10.7. The molecule has 2 aliphatic rings. The van der Waals surface area contributed by atoms with E-state index in [1.165, 1.54) is 35.3 Å². The summed E-state index contributed by atoms with van der Waals surface area (Å²) in [6.07, 6.45) is 0.919. The smallest absolute Gasteiger partial charge is 0.412 e. The minimum atomic E-state index is -1.10. The van der Waals surface area contributed by atoms with Crippen LogP contribution in [0.4, 0.5) is 16.2 Å². The summed E-state index contributed by atoms with van der Waals surface area (Å²) in [5, 5.41) is 14.1. The monoisotopic (exact) mass is 684 g/mol. The summed E-state index contributed by atoms with van der Waals surface area (Å²) >= 11 is 2.78. The number of benzene rings is 1. The van der Waals surface area contributed by atoms with Crippen molar-refractivity contribution in [2.24, 2.45) is 10.9 Å². The van der Waals surface area contributed by atoms with E-state index < -0.39 is 53.1 Å². The van der Waals surface area contributed by atoms with Gasteiger partial charge in [-0.1, -0.05) is 32.1 Å². The number of carbonyl (C=O) groups excluding carboxylic acids is 5. The molecule has 3 heterocycles. The van der Waals surface area contributed by atoms with Crippen LogP contribution >= 0.6 is 23.1 Å². The summed E-state index contributed by atoms with van der Waals surface area (Å²) in [5.41, 5.74) is -0.456. The van der Waals surface area contributed by atoms with Gasteiger partial charge in [0, 0.05) is 17.6 Å². The molecule has 1 aromatic carbocycles. The van der Waals surface area contributed by atoms with Gasteiger partial charge in [0.05, 0.1) is 24.3 Å². The van der Waals surface area contributed by atoms with Crippen LogP contribution in [0, 0.1) is 5.92 Å². The number of para-hydroxylation sites is 2. The van der Waals surface area contributed by atoms with E-state index in [-0.39, 0.29) is 25.3 Å². The summed E-state index contributed by atoms with van der Waals surface area (Å²) in [5.74, 6) is -1.89. The molecule has 0 saturated heterocycles. The van der Waals surface area contributed by atoms with Crippen molar-refractivity contribution in [2.45, 2.75) is 84.2 Å². The van der Waals surface area contributed by atoms with Crippen molar-refractivity contribution in [3.05, 3.63) is 52.5 Å². The molecule has 2 aromatic rings. The fraction of sp³-hybridized carbons (Fsp3) is 0.469. The van der Waals surface area contributed by atoms with Gasteiger partial charge in [0.1, 0.15) is 39.0 Å². The molecule has 4 N–H and O–H groups in total. The summed E-state index contributed by atoms with van der Waals surface area (Å²) < 4.78 is 11.0. The fourth-order valence-electron chi connectivity index (χ4n) is 4.47. The molecular formula is C32H40N6O7S2. The Balaban J connectivity index is 1.48. The van der Waals surface area contributed by atoms with Crippen molar-refractivity contribution in [1.29, 1.82) is 0 Å². The van der Waals surface area contributed by atoms with E-state index in [1.807, 2.05) is 5.38 Å². The van der Waals surface area contributed by atoms with Gasteiger partial charge in [0.2, 0.25) is 17.7 Å². The van der Waals surface area contributed by atoms with Crippen LogP contribution in [0.15, 0.2) is 46.8 Å². The van der Waals surface area contributed by atoms with Gasteiger partial charge in [-0.25, -0.2) is 14.6 Å². The highest BCUT2D eigenvalue weighted by atomic mass is 32.2. The number of anilines is 2. The number of thiazole rings is 1. The maximum absolute atomic E-state index is 13.4. The average Bonchev–Trinajstić information content (AvgIpc) is 3.61. The van der Waals surface area contributed by atoms with Crippen molar-refractivity contribution in [1.82, 2.24) is 15.6 Å². The van der Waals surface area contributed by atoms with Crippen molar-refractivity contribution in [2.75, 3.05) is 16.4 Å². The van der Waals surface area contributed by atoms with E-state index in [0.717, 1.165) is 0 Å². The van der Waals surface area contributed by atoms with Gasteiger partial charge in [-0.15, -0.1) is 23.1 Å². The number of hydrogen-bond acceptors (Lipinski definition) is 11. The van der Waals surface area contributed by atoms with E-state index in [1.54, 1.807) is 65.8 Å². The van der Waals surface area contributed by atoms with Crippen LogP contribution in [0.25, 0.3) is 0 Å². The number of fused-ring (bicyclic) bond motifs is 4. The molecule has 0 aliphatic carbocycles.